The molecular formula is C13H17BrN2O3. The Morgan fingerprint density at radius 1 is 1.53 bits per heavy atom. The summed E-state index contributed by atoms with van der Waals surface area (Å²) in [6.07, 6.45) is 0.960. The minimum Gasteiger partial charge on any atom is -0.488 e. The molecule has 2 unspecified atom stereocenters. The number of halogens is 1. The van der Waals surface area contributed by atoms with Gasteiger partial charge in [-0.25, -0.2) is 0 Å². The van der Waals surface area contributed by atoms with Crippen molar-refractivity contribution < 1.29 is 9.66 Å². The maximum atomic E-state index is 10.9. The third kappa shape index (κ3) is 2.47. The van der Waals surface area contributed by atoms with E-state index >= 15 is 0 Å². The first-order chi connectivity index (χ1) is 8.87. The summed E-state index contributed by atoms with van der Waals surface area (Å²) in [6.45, 7) is 4.27. The summed E-state index contributed by atoms with van der Waals surface area (Å²) in [5, 5.41) is 14.1. The molecule has 1 fully saturated rings. The molecule has 1 saturated carbocycles. The van der Waals surface area contributed by atoms with Crippen molar-refractivity contribution in [2.24, 2.45) is 5.41 Å². The predicted molar refractivity (Wildman–Crippen MR) is 76.5 cm³/mol. The highest BCUT2D eigenvalue weighted by atomic mass is 79.9. The van der Waals surface area contributed by atoms with Crippen LogP contribution in [0.5, 0.6) is 5.75 Å². The summed E-state index contributed by atoms with van der Waals surface area (Å²) in [6, 6.07) is 5.26. The molecule has 0 aromatic heterocycles. The van der Waals surface area contributed by atoms with E-state index in [0.29, 0.717) is 16.3 Å². The largest absolute Gasteiger partial charge is 0.488 e. The van der Waals surface area contributed by atoms with E-state index in [2.05, 4.69) is 35.1 Å². The van der Waals surface area contributed by atoms with Crippen LogP contribution in [0, 0.1) is 15.5 Å². The van der Waals surface area contributed by atoms with Gasteiger partial charge >= 0.3 is 0 Å². The van der Waals surface area contributed by atoms with Crippen LogP contribution in [0.25, 0.3) is 0 Å². The second-order valence-electron chi connectivity index (χ2n) is 5.35. The Morgan fingerprint density at radius 2 is 2.21 bits per heavy atom. The second kappa shape index (κ2) is 5.09. The summed E-state index contributed by atoms with van der Waals surface area (Å²) < 4.78 is 6.33. The maximum Gasteiger partial charge on any atom is 0.287 e. The van der Waals surface area contributed by atoms with Crippen molar-refractivity contribution in [1.82, 2.24) is 5.32 Å². The fourth-order valence-corrected chi connectivity index (χ4v) is 2.96. The Kier molecular flexibility index (Phi) is 3.82. The number of hydrogen-bond donors (Lipinski definition) is 1. The lowest BCUT2D eigenvalue weighted by Crippen LogP contribution is -2.61. The molecule has 1 N–H and O–H groups in total. The Morgan fingerprint density at radius 3 is 2.74 bits per heavy atom. The zero-order valence-electron chi connectivity index (χ0n) is 11.1. The van der Waals surface area contributed by atoms with Crippen LogP contribution >= 0.6 is 15.9 Å². The molecule has 6 heteroatoms. The van der Waals surface area contributed by atoms with E-state index in [9.17, 15) is 10.1 Å². The standard InChI is InChI=1S/C13H17BrN2O3/c1-13(2)10(15-3)7-11(13)19-9-6-4-5-8(12(9)14)16(17)18/h4-6,10-11,15H,7H2,1-3H3. The number of benzene rings is 1. The van der Waals surface area contributed by atoms with E-state index in [-0.39, 0.29) is 17.2 Å². The molecule has 1 aliphatic rings. The van der Waals surface area contributed by atoms with E-state index in [1.54, 1.807) is 12.1 Å². The molecule has 104 valence electrons. The Balaban J connectivity index is 2.18. The fourth-order valence-electron chi connectivity index (χ4n) is 2.46. The van der Waals surface area contributed by atoms with E-state index in [1.165, 1.54) is 6.07 Å². The van der Waals surface area contributed by atoms with Crippen LogP contribution in [-0.4, -0.2) is 24.1 Å². The first kappa shape index (κ1) is 14.3. The molecule has 0 amide bonds. The lowest BCUT2D eigenvalue weighted by molar-refractivity contribution is -0.385. The highest BCUT2D eigenvalue weighted by Gasteiger charge is 2.49. The molecule has 5 nitrogen and oxygen atoms in total. The maximum absolute atomic E-state index is 10.9. The van der Waals surface area contributed by atoms with E-state index in [0.717, 1.165) is 6.42 Å². The van der Waals surface area contributed by atoms with Gasteiger partial charge < -0.3 is 10.1 Å². The highest BCUT2D eigenvalue weighted by Crippen LogP contribution is 2.44. The first-order valence-corrected chi connectivity index (χ1v) is 6.94. The lowest BCUT2D eigenvalue weighted by atomic mass is 9.64. The van der Waals surface area contributed by atoms with Gasteiger partial charge in [0, 0.05) is 23.9 Å². The van der Waals surface area contributed by atoms with E-state index in [4.69, 9.17) is 4.74 Å². The molecule has 0 aliphatic heterocycles. The van der Waals surface area contributed by atoms with Gasteiger partial charge in [0.05, 0.1) is 4.92 Å². The molecule has 2 rings (SSSR count). The number of nitrogens with one attached hydrogen (secondary N) is 1. The number of ether oxygens (including phenoxy) is 1. The van der Waals surface area contributed by atoms with Gasteiger partial charge in [-0.15, -0.1) is 0 Å². The van der Waals surface area contributed by atoms with Gasteiger partial charge in [-0.3, -0.25) is 10.1 Å². The Labute approximate surface area is 120 Å². The Hall–Kier alpha value is -1.14. The normalized spacial score (nSPS) is 24.6. The molecule has 1 aliphatic carbocycles. The van der Waals surface area contributed by atoms with Crippen molar-refractivity contribution >= 4 is 21.6 Å². The first-order valence-electron chi connectivity index (χ1n) is 6.14. The SMILES string of the molecule is CNC1CC(Oc2cccc([N+](=O)[O-])c2Br)C1(C)C. The van der Waals surface area contributed by atoms with Gasteiger partial charge in [-0.1, -0.05) is 19.9 Å². The second-order valence-corrected chi connectivity index (χ2v) is 6.14. The predicted octanol–water partition coefficient (Wildman–Crippen LogP) is 3.12. The number of rotatable bonds is 4. The van der Waals surface area contributed by atoms with Gasteiger partial charge in [-0.05, 0) is 29.0 Å². The van der Waals surface area contributed by atoms with Gasteiger partial charge in [0.2, 0.25) is 0 Å². The summed E-state index contributed by atoms with van der Waals surface area (Å²) in [5.41, 5.74) is 0.0403. The van der Waals surface area contributed by atoms with Crippen LogP contribution < -0.4 is 10.1 Å². The van der Waals surface area contributed by atoms with Crippen molar-refractivity contribution in [1.29, 1.82) is 0 Å². The average Bonchev–Trinajstić information content (AvgIpc) is 2.35. The number of nitro benzene ring substituents is 1. The summed E-state index contributed by atoms with van der Waals surface area (Å²) in [5.74, 6) is 0.529. The molecule has 0 radical (unpaired) electrons. The van der Waals surface area contributed by atoms with E-state index < -0.39 is 4.92 Å². The van der Waals surface area contributed by atoms with Crippen LogP contribution in [0.15, 0.2) is 22.7 Å². The third-order valence-corrected chi connectivity index (χ3v) is 4.73. The van der Waals surface area contributed by atoms with E-state index in [1.807, 2.05) is 7.05 Å². The molecule has 2 atom stereocenters. The quantitative estimate of drug-likeness (QED) is 0.681. The summed E-state index contributed by atoms with van der Waals surface area (Å²) >= 11 is 3.25. The van der Waals surface area contributed by atoms with Gasteiger partial charge in [0.25, 0.3) is 5.69 Å². The summed E-state index contributed by atoms with van der Waals surface area (Å²) in [7, 11) is 1.94. The molecule has 0 saturated heterocycles. The van der Waals surface area contributed by atoms with Gasteiger partial charge in [-0.2, -0.15) is 0 Å². The zero-order chi connectivity index (χ0) is 14.2. The van der Waals surface area contributed by atoms with Crippen LogP contribution in [0.3, 0.4) is 0 Å². The smallest absolute Gasteiger partial charge is 0.287 e. The zero-order valence-corrected chi connectivity index (χ0v) is 12.7. The average molecular weight is 329 g/mol. The van der Waals surface area contributed by atoms with Crippen molar-refractivity contribution in [2.45, 2.75) is 32.4 Å². The minimum absolute atomic E-state index is 0.0127. The highest BCUT2D eigenvalue weighted by molar-refractivity contribution is 9.10. The molecule has 0 heterocycles. The molecule has 1 aromatic rings. The monoisotopic (exact) mass is 328 g/mol. The van der Waals surface area contributed by atoms with Crippen LogP contribution in [-0.2, 0) is 0 Å². The van der Waals surface area contributed by atoms with Crippen molar-refractivity contribution in [3.8, 4) is 5.75 Å². The third-order valence-electron chi connectivity index (χ3n) is 3.94. The topological polar surface area (TPSA) is 64.4 Å². The molecule has 0 bridgehead atoms. The van der Waals surface area contributed by atoms with Crippen LogP contribution in [0.1, 0.15) is 20.3 Å². The molecular weight excluding hydrogens is 312 g/mol. The minimum atomic E-state index is -0.417. The van der Waals surface area contributed by atoms with Crippen molar-refractivity contribution in [2.75, 3.05) is 7.05 Å². The van der Waals surface area contributed by atoms with Gasteiger partial charge in [0.15, 0.2) is 0 Å². The lowest BCUT2D eigenvalue weighted by Gasteiger charge is -2.51. The number of nitrogens with zero attached hydrogens (tertiary/aromatic N) is 1. The fraction of sp³-hybridized carbons (Fsp3) is 0.538. The Bertz CT molecular complexity index is 505. The molecule has 1 aromatic carbocycles. The van der Waals surface area contributed by atoms with Crippen LogP contribution in [0.4, 0.5) is 5.69 Å². The summed E-state index contributed by atoms with van der Waals surface area (Å²) in [4.78, 5) is 10.5. The number of nitro groups is 1. The van der Waals surface area contributed by atoms with Crippen molar-refractivity contribution in [3.63, 3.8) is 0 Å². The molecule has 19 heavy (non-hydrogen) atoms. The van der Waals surface area contributed by atoms with Crippen LogP contribution in [0.2, 0.25) is 0 Å². The van der Waals surface area contributed by atoms with Crippen molar-refractivity contribution in [3.05, 3.63) is 32.8 Å². The number of hydrogen-bond acceptors (Lipinski definition) is 4. The van der Waals surface area contributed by atoms with Gasteiger partial charge in [0.1, 0.15) is 16.3 Å². The molecule has 0 spiro atoms.